The Morgan fingerprint density at radius 3 is 2.74 bits per heavy atom. The van der Waals surface area contributed by atoms with Crippen LogP contribution in [0.3, 0.4) is 0 Å². The van der Waals surface area contributed by atoms with Gasteiger partial charge in [0, 0.05) is 23.4 Å². The van der Waals surface area contributed by atoms with Crippen LogP contribution in [0.5, 0.6) is 0 Å². The molecule has 0 radical (unpaired) electrons. The van der Waals surface area contributed by atoms with Crippen molar-refractivity contribution < 1.29 is 14.3 Å². The number of anilines is 1. The van der Waals surface area contributed by atoms with Gasteiger partial charge in [-0.15, -0.1) is 0 Å². The summed E-state index contributed by atoms with van der Waals surface area (Å²) in [6.45, 7) is 3.14. The number of nitrogens with zero attached hydrogens (tertiary/aromatic N) is 2. The molecule has 0 saturated carbocycles. The number of rotatable bonds is 2. The zero-order valence-electron chi connectivity index (χ0n) is 13.0. The lowest BCUT2D eigenvalue weighted by Crippen LogP contribution is -2.35. The SMILES string of the molecule is COC(=O)Nc1nc2c(s1)CN(C(=O)c1ccc(C)cc1)CC2. The van der Waals surface area contributed by atoms with Gasteiger partial charge in [-0.25, -0.2) is 9.78 Å². The van der Waals surface area contributed by atoms with Crippen molar-refractivity contribution in [3.63, 3.8) is 0 Å². The minimum Gasteiger partial charge on any atom is -0.453 e. The first-order valence-corrected chi connectivity index (χ1v) is 8.08. The van der Waals surface area contributed by atoms with E-state index in [0.29, 0.717) is 30.2 Å². The van der Waals surface area contributed by atoms with Crippen LogP contribution in [-0.4, -0.2) is 35.5 Å². The van der Waals surface area contributed by atoms with Crippen LogP contribution in [0.25, 0.3) is 0 Å². The zero-order valence-corrected chi connectivity index (χ0v) is 13.8. The molecule has 0 atom stereocenters. The Balaban J connectivity index is 1.73. The molecule has 0 unspecified atom stereocenters. The van der Waals surface area contributed by atoms with E-state index in [4.69, 9.17) is 0 Å². The first-order valence-electron chi connectivity index (χ1n) is 7.26. The first-order chi connectivity index (χ1) is 11.1. The maximum absolute atomic E-state index is 12.6. The highest BCUT2D eigenvalue weighted by Crippen LogP contribution is 2.29. The van der Waals surface area contributed by atoms with E-state index in [-0.39, 0.29) is 5.91 Å². The second kappa shape index (κ2) is 6.37. The van der Waals surface area contributed by atoms with Crippen molar-refractivity contribution in [3.05, 3.63) is 46.0 Å². The minimum absolute atomic E-state index is 0.0199. The van der Waals surface area contributed by atoms with Crippen LogP contribution < -0.4 is 5.32 Å². The summed E-state index contributed by atoms with van der Waals surface area (Å²) in [4.78, 5) is 31.0. The molecule has 1 aromatic carbocycles. The number of carbonyl (C=O) groups excluding carboxylic acids is 2. The van der Waals surface area contributed by atoms with Crippen molar-refractivity contribution in [1.29, 1.82) is 0 Å². The maximum Gasteiger partial charge on any atom is 0.413 e. The van der Waals surface area contributed by atoms with Crippen molar-refractivity contribution in [2.45, 2.75) is 19.9 Å². The van der Waals surface area contributed by atoms with Gasteiger partial charge >= 0.3 is 6.09 Å². The lowest BCUT2D eigenvalue weighted by atomic mass is 10.1. The molecule has 0 fully saturated rings. The van der Waals surface area contributed by atoms with Crippen molar-refractivity contribution in [2.75, 3.05) is 19.0 Å². The predicted octanol–water partition coefficient (Wildman–Crippen LogP) is 2.83. The quantitative estimate of drug-likeness (QED) is 0.918. The molecule has 2 aromatic rings. The monoisotopic (exact) mass is 331 g/mol. The van der Waals surface area contributed by atoms with Crippen molar-refractivity contribution in [2.24, 2.45) is 0 Å². The third-order valence-electron chi connectivity index (χ3n) is 3.71. The molecule has 1 aliphatic heterocycles. The number of hydrogen-bond acceptors (Lipinski definition) is 5. The molecule has 1 N–H and O–H groups in total. The van der Waals surface area contributed by atoms with E-state index in [1.165, 1.54) is 18.4 Å². The summed E-state index contributed by atoms with van der Waals surface area (Å²) in [5, 5.41) is 3.08. The summed E-state index contributed by atoms with van der Waals surface area (Å²) in [5.74, 6) is 0.0199. The van der Waals surface area contributed by atoms with Gasteiger partial charge in [-0.05, 0) is 19.1 Å². The van der Waals surface area contributed by atoms with Crippen LogP contribution in [0.15, 0.2) is 24.3 Å². The van der Waals surface area contributed by atoms with E-state index in [1.54, 1.807) is 0 Å². The van der Waals surface area contributed by atoms with Crippen LogP contribution >= 0.6 is 11.3 Å². The number of hydrogen-bond donors (Lipinski definition) is 1. The summed E-state index contributed by atoms with van der Waals surface area (Å²) in [6.07, 6.45) is 0.149. The van der Waals surface area contributed by atoms with Crippen molar-refractivity contribution in [3.8, 4) is 0 Å². The summed E-state index contributed by atoms with van der Waals surface area (Å²) in [6, 6.07) is 7.58. The van der Waals surface area contributed by atoms with E-state index in [0.717, 1.165) is 16.1 Å². The fourth-order valence-corrected chi connectivity index (χ4v) is 3.45. The fourth-order valence-electron chi connectivity index (χ4n) is 2.44. The molecule has 0 saturated heterocycles. The minimum atomic E-state index is -0.538. The molecule has 0 spiro atoms. The Kier molecular flexibility index (Phi) is 4.29. The predicted molar refractivity (Wildman–Crippen MR) is 87.8 cm³/mol. The first kappa shape index (κ1) is 15.5. The second-order valence-corrected chi connectivity index (χ2v) is 6.43. The lowest BCUT2D eigenvalue weighted by molar-refractivity contribution is 0.0736. The lowest BCUT2D eigenvalue weighted by Gasteiger charge is -2.26. The highest BCUT2D eigenvalue weighted by Gasteiger charge is 2.25. The number of carbonyl (C=O) groups is 2. The van der Waals surface area contributed by atoms with E-state index in [1.807, 2.05) is 36.1 Å². The Morgan fingerprint density at radius 2 is 2.04 bits per heavy atom. The third-order valence-corrected chi connectivity index (χ3v) is 4.71. The smallest absolute Gasteiger partial charge is 0.413 e. The third kappa shape index (κ3) is 3.34. The zero-order chi connectivity index (χ0) is 16.4. The number of methoxy groups -OCH3 is 1. The molecule has 2 heterocycles. The summed E-state index contributed by atoms with van der Waals surface area (Å²) in [7, 11) is 1.31. The average Bonchev–Trinajstić information content (AvgIpc) is 2.96. The van der Waals surface area contributed by atoms with Gasteiger partial charge in [-0.1, -0.05) is 29.0 Å². The maximum atomic E-state index is 12.6. The standard InChI is InChI=1S/C16H17N3O3S/c1-10-3-5-11(6-4-10)14(20)19-8-7-12-13(9-19)23-15(17-12)18-16(21)22-2/h3-6H,7-9H2,1-2H3,(H,17,18,21). The van der Waals surface area contributed by atoms with Gasteiger partial charge in [-0.3, -0.25) is 10.1 Å². The molecule has 1 aliphatic rings. The Morgan fingerprint density at radius 1 is 1.30 bits per heavy atom. The van der Waals surface area contributed by atoms with E-state index >= 15 is 0 Å². The average molecular weight is 331 g/mol. The number of benzene rings is 1. The Labute approximate surface area is 138 Å². The van der Waals surface area contributed by atoms with Gasteiger partial charge in [-0.2, -0.15) is 0 Å². The van der Waals surface area contributed by atoms with Crippen LogP contribution in [0.2, 0.25) is 0 Å². The molecule has 3 rings (SSSR count). The number of nitrogens with one attached hydrogen (secondary N) is 1. The van der Waals surface area contributed by atoms with E-state index < -0.39 is 6.09 Å². The molecule has 7 heteroatoms. The Hall–Kier alpha value is -2.41. The molecule has 1 aromatic heterocycles. The van der Waals surface area contributed by atoms with Crippen molar-refractivity contribution >= 4 is 28.5 Å². The highest BCUT2D eigenvalue weighted by molar-refractivity contribution is 7.15. The summed E-state index contributed by atoms with van der Waals surface area (Å²) < 4.78 is 4.57. The summed E-state index contributed by atoms with van der Waals surface area (Å²) in [5.41, 5.74) is 2.76. The van der Waals surface area contributed by atoms with E-state index in [2.05, 4.69) is 15.0 Å². The molecule has 6 nitrogen and oxygen atoms in total. The molecule has 23 heavy (non-hydrogen) atoms. The number of aromatic nitrogens is 1. The highest BCUT2D eigenvalue weighted by atomic mass is 32.1. The van der Waals surface area contributed by atoms with Crippen LogP contribution in [-0.2, 0) is 17.7 Å². The van der Waals surface area contributed by atoms with Crippen molar-refractivity contribution in [1.82, 2.24) is 9.88 Å². The molecule has 0 aliphatic carbocycles. The van der Waals surface area contributed by atoms with Gasteiger partial charge in [0.1, 0.15) is 0 Å². The number of ether oxygens (including phenoxy) is 1. The number of fused-ring (bicyclic) bond motifs is 1. The van der Waals surface area contributed by atoms with Gasteiger partial charge in [0.15, 0.2) is 5.13 Å². The largest absolute Gasteiger partial charge is 0.453 e. The van der Waals surface area contributed by atoms with Gasteiger partial charge < -0.3 is 9.64 Å². The van der Waals surface area contributed by atoms with Gasteiger partial charge in [0.25, 0.3) is 5.91 Å². The number of amides is 2. The molecule has 120 valence electrons. The van der Waals surface area contributed by atoms with Gasteiger partial charge in [0.2, 0.25) is 0 Å². The molecular formula is C16H17N3O3S. The van der Waals surface area contributed by atoms with Crippen LogP contribution in [0, 0.1) is 6.92 Å². The Bertz CT molecular complexity index is 740. The number of thiazole rings is 1. The second-order valence-electron chi connectivity index (χ2n) is 5.35. The fraction of sp³-hybridized carbons (Fsp3) is 0.312. The van der Waals surface area contributed by atoms with E-state index in [9.17, 15) is 9.59 Å². The number of aryl methyl sites for hydroxylation is 1. The molecular weight excluding hydrogens is 314 g/mol. The normalized spacial score (nSPS) is 13.4. The van der Waals surface area contributed by atoms with Gasteiger partial charge in [0.05, 0.1) is 19.3 Å². The van der Waals surface area contributed by atoms with Crippen LogP contribution in [0.1, 0.15) is 26.5 Å². The summed E-state index contributed by atoms with van der Waals surface area (Å²) >= 11 is 1.38. The topological polar surface area (TPSA) is 71.5 Å². The molecule has 0 bridgehead atoms. The molecule has 2 amide bonds. The van der Waals surface area contributed by atoms with Crippen LogP contribution in [0.4, 0.5) is 9.93 Å².